The molecule has 0 bridgehead atoms. The van der Waals surface area contributed by atoms with Gasteiger partial charge >= 0.3 is 6.18 Å². The molecule has 0 spiro atoms. The number of hydrogen-bond donors (Lipinski definition) is 0. The number of aromatic nitrogens is 1. The van der Waals surface area contributed by atoms with Crippen LogP contribution in [0, 0.1) is 5.82 Å². The second-order valence-corrected chi connectivity index (χ2v) is 7.57. The van der Waals surface area contributed by atoms with Gasteiger partial charge in [-0.25, -0.2) is 9.37 Å². The number of anilines is 1. The van der Waals surface area contributed by atoms with Gasteiger partial charge in [-0.05, 0) is 48.0 Å². The zero-order valence-electron chi connectivity index (χ0n) is 15.4. The van der Waals surface area contributed by atoms with Gasteiger partial charge in [-0.15, -0.1) is 0 Å². The lowest BCUT2D eigenvalue weighted by atomic mass is 10.1. The van der Waals surface area contributed by atoms with Gasteiger partial charge in [0, 0.05) is 5.56 Å². The third kappa shape index (κ3) is 4.18. The summed E-state index contributed by atoms with van der Waals surface area (Å²) in [7, 11) is 0. The van der Waals surface area contributed by atoms with Gasteiger partial charge in [0.1, 0.15) is 5.82 Å². The number of alkyl halides is 3. The molecule has 30 heavy (non-hydrogen) atoms. The summed E-state index contributed by atoms with van der Waals surface area (Å²) in [5.41, 5.74) is 0.631. The standard InChI is InChI=1S/C22H14F4N2OS/c23-17-10-11-18-19(12-17)30-21(27-18)28(13-14-4-2-1-3-5-14)20(29)15-6-8-16(9-7-15)22(24,25)26/h1-12H,13H2. The number of thiazole rings is 1. The highest BCUT2D eigenvalue weighted by molar-refractivity contribution is 7.22. The summed E-state index contributed by atoms with van der Waals surface area (Å²) >= 11 is 1.14. The summed E-state index contributed by atoms with van der Waals surface area (Å²) in [6.45, 7) is 0.170. The molecule has 0 saturated carbocycles. The van der Waals surface area contributed by atoms with Crippen molar-refractivity contribution in [1.29, 1.82) is 0 Å². The molecule has 0 aliphatic carbocycles. The average molecular weight is 430 g/mol. The van der Waals surface area contributed by atoms with Crippen LogP contribution >= 0.6 is 11.3 Å². The van der Waals surface area contributed by atoms with Gasteiger partial charge in [0.2, 0.25) is 0 Å². The number of carbonyl (C=O) groups excluding carboxylic acids is 1. The Morgan fingerprint density at radius 1 is 0.967 bits per heavy atom. The molecule has 4 rings (SSSR count). The molecule has 3 aromatic carbocycles. The van der Waals surface area contributed by atoms with Crippen LogP contribution in [0.25, 0.3) is 10.2 Å². The first kappa shape index (κ1) is 20.0. The highest BCUT2D eigenvalue weighted by atomic mass is 32.1. The Hall–Kier alpha value is -3.26. The fourth-order valence-electron chi connectivity index (χ4n) is 2.95. The molecule has 0 radical (unpaired) electrons. The molecule has 8 heteroatoms. The first-order chi connectivity index (χ1) is 14.3. The molecule has 4 aromatic rings. The minimum atomic E-state index is -4.48. The minimum absolute atomic E-state index is 0.101. The molecule has 0 aliphatic heterocycles. The fraction of sp³-hybridized carbons (Fsp3) is 0.0909. The summed E-state index contributed by atoms with van der Waals surface area (Å²) in [6.07, 6.45) is -4.48. The molecule has 0 N–H and O–H groups in total. The zero-order chi connectivity index (χ0) is 21.3. The van der Waals surface area contributed by atoms with E-state index in [1.54, 1.807) is 0 Å². The molecule has 1 amide bonds. The Morgan fingerprint density at radius 2 is 1.67 bits per heavy atom. The molecule has 1 heterocycles. The van der Waals surface area contributed by atoms with E-state index in [2.05, 4.69) is 4.98 Å². The predicted octanol–water partition coefficient (Wildman–Crippen LogP) is 6.30. The van der Waals surface area contributed by atoms with E-state index in [1.165, 1.54) is 23.1 Å². The summed E-state index contributed by atoms with van der Waals surface area (Å²) in [6, 6.07) is 17.3. The Kier molecular flexibility index (Phi) is 5.26. The van der Waals surface area contributed by atoms with Gasteiger partial charge in [0.15, 0.2) is 5.13 Å². The maximum absolute atomic E-state index is 13.6. The largest absolute Gasteiger partial charge is 0.416 e. The second-order valence-electron chi connectivity index (χ2n) is 6.56. The van der Waals surface area contributed by atoms with E-state index in [9.17, 15) is 22.4 Å². The first-order valence-corrected chi connectivity index (χ1v) is 9.72. The van der Waals surface area contributed by atoms with Crippen molar-refractivity contribution >= 4 is 32.6 Å². The Morgan fingerprint density at radius 3 is 2.33 bits per heavy atom. The molecule has 3 nitrogen and oxygen atoms in total. The SMILES string of the molecule is O=C(c1ccc(C(F)(F)F)cc1)N(Cc1ccccc1)c1nc2ccc(F)cc2s1. The molecular formula is C22H14F4N2OS. The van der Waals surface area contributed by atoms with Crippen molar-refractivity contribution in [2.24, 2.45) is 0 Å². The zero-order valence-corrected chi connectivity index (χ0v) is 16.2. The van der Waals surface area contributed by atoms with Gasteiger partial charge < -0.3 is 0 Å². The van der Waals surface area contributed by atoms with Gasteiger partial charge in [-0.2, -0.15) is 13.2 Å². The molecule has 0 unspecified atom stereocenters. The van der Waals surface area contributed by atoms with Crippen molar-refractivity contribution < 1.29 is 22.4 Å². The van der Waals surface area contributed by atoms with Crippen LogP contribution in [0.2, 0.25) is 0 Å². The van der Waals surface area contributed by atoms with Crippen LogP contribution in [0.3, 0.4) is 0 Å². The van der Waals surface area contributed by atoms with Crippen LogP contribution in [0.5, 0.6) is 0 Å². The lowest BCUT2D eigenvalue weighted by Crippen LogP contribution is -2.30. The maximum Gasteiger partial charge on any atom is 0.416 e. The van der Waals surface area contributed by atoms with Gasteiger partial charge in [0.25, 0.3) is 5.91 Å². The minimum Gasteiger partial charge on any atom is -0.279 e. The number of rotatable bonds is 4. The number of fused-ring (bicyclic) bond motifs is 1. The van der Waals surface area contributed by atoms with Crippen molar-refractivity contribution in [3.8, 4) is 0 Å². The fourth-order valence-corrected chi connectivity index (χ4v) is 3.94. The average Bonchev–Trinajstić information content (AvgIpc) is 3.14. The number of nitrogens with zero attached hydrogens (tertiary/aromatic N) is 2. The van der Waals surface area contributed by atoms with Crippen molar-refractivity contribution in [2.75, 3.05) is 4.90 Å². The quantitative estimate of drug-likeness (QED) is 0.356. The van der Waals surface area contributed by atoms with E-state index in [0.29, 0.717) is 15.3 Å². The summed E-state index contributed by atoms with van der Waals surface area (Å²) in [5.74, 6) is -0.909. The monoisotopic (exact) mass is 430 g/mol. The van der Waals surface area contributed by atoms with Crippen LogP contribution in [-0.4, -0.2) is 10.9 Å². The maximum atomic E-state index is 13.6. The van der Waals surface area contributed by atoms with Crippen molar-refractivity contribution in [1.82, 2.24) is 4.98 Å². The van der Waals surface area contributed by atoms with E-state index < -0.39 is 23.5 Å². The molecule has 0 atom stereocenters. The number of hydrogen-bond acceptors (Lipinski definition) is 3. The first-order valence-electron chi connectivity index (χ1n) is 8.90. The molecule has 0 aliphatic rings. The lowest BCUT2D eigenvalue weighted by molar-refractivity contribution is -0.137. The highest BCUT2D eigenvalue weighted by Crippen LogP contribution is 2.32. The molecule has 1 aromatic heterocycles. The van der Waals surface area contributed by atoms with Gasteiger partial charge in [-0.3, -0.25) is 9.69 Å². The molecule has 0 saturated heterocycles. The second kappa shape index (κ2) is 7.87. The van der Waals surface area contributed by atoms with E-state index in [1.807, 2.05) is 30.3 Å². The number of halogens is 4. The smallest absolute Gasteiger partial charge is 0.279 e. The van der Waals surface area contributed by atoms with E-state index in [-0.39, 0.29) is 12.1 Å². The Labute approximate surface area is 173 Å². The predicted molar refractivity (Wildman–Crippen MR) is 108 cm³/mol. The summed E-state index contributed by atoms with van der Waals surface area (Å²) in [4.78, 5) is 19.0. The number of amides is 1. The molecule has 152 valence electrons. The van der Waals surface area contributed by atoms with Crippen LogP contribution < -0.4 is 4.90 Å². The highest BCUT2D eigenvalue weighted by Gasteiger charge is 2.31. The van der Waals surface area contributed by atoms with E-state index >= 15 is 0 Å². The third-order valence-electron chi connectivity index (χ3n) is 4.46. The van der Waals surface area contributed by atoms with Gasteiger partial charge in [-0.1, -0.05) is 41.7 Å². The van der Waals surface area contributed by atoms with Crippen LogP contribution in [0.4, 0.5) is 22.7 Å². The Bertz CT molecular complexity index is 1190. The van der Waals surface area contributed by atoms with Gasteiger partial charge in [0.05, 0.1) is 22.3 Å². The summed E-state index contributed by atoms with van der Waals surface area (Å²) < 4.78 is 52.7. The van der Waals surface area contributed by atoms with Crippen LogP contribution in [0.15, 0.2) is 72.8 Å². The Balaban J connectivity index is 1.73. The lowest BCUT2D eigenvalue weighted by Gasteiger charge is -2.20. The van der Waals surface area contributed by atoms with Crippen molar-refractivity contribution in [3.63, 3.8) is 0 Å². The van der Waals surface area contributed by atoms with E-state index in [4.69, 9.17) is 0 Å². The number of benzene rings is 3. The van der Waals surface area contributed by atoms with Crippen LogP contribution in [-0.2, 0) is 12.7 Å². The molecular weight excluding hydrogens is 416 g/mol. The topological polar surface area (TPSA) is 33.2 Å². The normalized spacial score (nSPS) is 11.6. The van der Waals surface area contributed by atoms with Crippen molar-refractivity contribution in [3.05, 3.63) is 95.3 Å². The number of carbonyl (C=O) groups is 1. The van der Waals surface area contributed by atoms with Crippen LogP contribution in [0.1, 0.15) is 21.5 Å². The van der Waals surface area contributed by atoms with E-state index in [0.717, 1.165) is 41.2 Å². The molecule has 0 fully saturated rings. The third-order valence-corrected chi connectivity index (χ3v) is 5.50. The van der Waals surface area contributed by atoms with Crippen molar-refractivity contribution in [2.45, 2.75) is 12.7 Å². The summed E-state index contributed by atoms with van der Waals surface area (Å²) in [5, 5.41) is 0.337.